The van der Waals surface area contributed by atoms with Crippen molar-refractivity contribution in [3.05, 3.63) is 58.1 Å². The topological polar surface area (TPSA) is 0 Å². The molecule has 0 radical (unpaired) electrons. The van der Waals surface area contributed by atoms with Gasteiger partial charge in [0.2, 0.25) is 0 Å². The predicted molar refractivity (Wildman–Crippen MR) is 94.4 cm³/mol. The molecule has 0 aliphatic rings. The first-order chi connectivity index (χ1) is 10.9. The van der Waals surface area contributed by atoms with E-state index < -0.39 is 11.6 Å². The third-order valence-electron chi connectivity index (χ3n) is 4.94. The molecule has 130 valence electrons. The second-order valence-electron chi connectivity index (χ2n) is 7.44. The molecule has 0 N–H and O–H groups in total. The van der Waals surface area contributed by atoms with E-state index in [-0.39, 0.29) is 6.42 Å². The average Bonchev–Trinajstić information content (AvgIpc) is 2.42. The van der Waals surface area contributed by atoms with Gasteiger partial charge in [-0.2, -0.15) is 13.2 Å². The van der Waals surface area contributed by atoms with Gasteiger partial charge in [-0.15, -0.1) is 0 Å². The summed E-state index contributed by atoms with van der Waals surface area (Å²) in [7, 11) is 0. The SMILES string of the molecule is Cc1cc(CC(C)(C)C(F)(F)F)ccc1-c1cc(C)c(C)c(C)c1. The molecule has 0 fully saturated rings. The highest BCUT2D eigenvalue weighted by Crippen LogP contribution is 2.40. The number of aryl methyl sites for hydroxylation is 3. The Bertz CT molecular complexity index is 729. The van der Waals surface area contributed by atoms with Crippen molar-refractivity contribution in [3.8, 4) is 11.1 Å². The second-order valence-corrected chi connectivity index (χ2v) is 7.44. The molecule has 0 aliphatic heterocycles. The Morgan fingerprint density at radius 2 is 1.33 bits per heavy atom. The van der Waals surface area contributed by atoms with Gasteiger partial charge in [0.15, 0.2) is 0 Å². The number of rotatable bonds is 3. The molecule has 0 amide bonds. The molecule has 0 bridgehead atoms. The van der Waals surface area contributed by atoms with Crippen molar-refractivity contribution < 1.29 is 13.2 Å². The van der Waals surface area contributed by atoms with Gasteiger partial charge in [0.1, 0.15) is 0 Å². The van der Waals surface area contributed by atoms with Crippen LogP contribution >= 0.6 is 0 Å². The molecule has 0 spiro atoms. The highest BCUT2D eigenvalue weighted by molar-refractivity contribution is 5.69. The summed E-state index contributed by atoms with van der Waals surface area (Å²) in [5, 5.41) is 0. The average molecular weight is 334 g/mol. The molecule has 0 unspecified atom stereocenters. The van der Waals surface area contributed by atoms with E-state index >= 15 is 0 Å². The summed E-state index contributed by atoms with van der Waals surface area (Å²) < 4.78 is 39.3. The van der Waals surface area contributed by atoms with Gasteiger partial charge in [-0.1, -0.05) is 44.2 Å². The highest BCUT2D eigenvalue weighted by atomic mass is 19.4. The van der Waals surface area contributed by atoms with Crippen LogP contribution in [0.15, 0.2) is 30.3 Å². The molecule has 0 atom stereocenters. The molecule has 0 aromatic heterocycles. The Morgan fingerprint density at radius 3 is 1.79 bits per heavy atom. The molecular formula is C21H25F3. The summed E-state index contributed by atoms with van der Waals surface area (Å²) >= 11 is 0. The molecule has 3 heteroatoms. The maximum absolute atomic E-state index is 13.1. The standard InChI is InChI=1S/C21H25F3/c1-13-10-18(11-14(2)16(13)4)19-8-7-17(9-15(19)3)12-20(5,6)21(22,23)24/h7-11H,12H2,1-6H3. The largest absolute Gasteiger partial charge is 0.394 e. The zero-order valence-electron chi connectivity index (χ0n) is 15.2. The Hall–Kier alpha value is -1.77. The van der Waals surface area contributed by atoms with Crippen LogP contribution in [0.1, 0.15) is 41.7 Å². The quantitative estimate of drug-likeness (QED) is 0.584. The minimum Gasteiger partial charge on any atom is -0.171 e. The number of alkyl halides is 3. The van der Waals surface area contributed by atoms with Crippen molar-refractivity contribution in [3.63, 3.8) is 0 Å². The maximum Gasteiger partial charge on any atom is 0.394 e. The fraction of sp³-hybridized carbons (Fsp3) is 0.429. The van der Waals surface area contributed by atoms with Crippen molar-refractivity contribution >= 4 is 0 Å². The van der Waals surface area contributed by atoms with E-state index in [9.17, 15) is 13.2 Å². The zero-order valence-corrected chi connectivity index (χ0v) is 15.2. The summed E-state index contributed by atoms with van der Waals surface area (Å²) in [4.78, 5) is 0. The molecule has 0 saturated heterocycles. The van der Waals surface area contributed by atoms with Crippen LogP contribution in [-0.2, 0) is 6.42 Å². The highest BCUT2D eigenvalue weighted by Gasteiger charge is 2.46. The molecule has 0 saturated carbocycles. The molecular weight excluding hydrogens is 309 g/mol. The van der Waals surface area contributed by atoms with E-state index in [1.807, 2.05) is 25.1 Å². The number of benzene rings is 2. The normalized spacial score (nSPS) is 12.5. The van der Waals surface area contributed by atoms with Crippen LogP contribution in [0.2, 0.25) is 0 Å². The minimum atomic E-state index is -4.20. The van der Waals surface area contributed by atoms with E-state index in [1.165, 1.54) is 30.5 Å². The Labute approximate surface area is 142 Å². The fourth-order valence-corrected chi connectivity index (χ4v) is 2.96. The van der Waals surface area contributed by atoms with Crippen LogP contribution < -0.4 is 0 Å². The Morgan fingerprint density at radius 1 is 0.792 bits per heavy atom. The van der Waals surface area contributed by atoms with Gasteiger partial charge in [-0.25, -0.2) is 0 Å². The third kappa shape index (κ3) is 3.66. The van der Waals surface area contributed by atoms with Gasteiger partial charge in [-0.05, 0) is 73.1 Å². The van der Waals surface area contributed by atoms with Crippen molar-refractivity contribution in [2.45, 2.75) is 54.1 Å². The van der Waals surface area contributed by atoms with Gasteiger partial charge < -0.3 is 0 Å². The maximum atomic E-state index is 13.1. The number of hydrogen-bond acceptors (Lipinski definition) is 0. The van der Waals surface area contributed by atoms with Crippen molar-refractivity contribution in [2.75, 3.05) is 0 Å². The van der Waals surface area contributed by atoms with Crippen LogP contribution in [0.5, 0.6) is 0 Å². The fourth-order valence-electron chi connectivity index (χ4n) is 2.96. The third-order valence-corrected chi connectivity index (χ3v) is 4.94. The number of halogens is 3. The van der Waals surface area contributed by atoms with Gasteiger partial charge in [-0.3, -0.25) is 0 Å². The zero-order chi connectivity index (χ0) is 18.3. The van der Waals surface area contributed by atoms with E-state index in [1.54, 1.807) is 0 Å². The lowest BCUT2D eigenvalue weighted by molar-refractivity contribution is -0.211. The van der Waals surface area contributed by atoms with Crippen molar-refractivity contribution in [1.29, 1.82) is 0 Å². The van der Waals surface area contributed by atoms with E-state index in [4.69, 9.17) is 0 Å². The minimum absolute atomic E-state index is 0.0103. The lowest BCUT2D eigenvalue weighted by Gasteiger charge is -2.28. The molecule has 0 nitrogen and oxygen atoms in total. The molecule has 2 aromatic carbocycles. The summed E-state index contributed by atoms with van der Waals surface area (Å²) in [6.45, 7) is 10.7. The van der Waals surface area contributed by atoms with Crippen LogP contribution in [-0.4, -0.2) is 6.18 Å². The molecule has 2 rings (SSSR count). The molecule has 2 aromatic rings. The molecule has 24 heavy (non-hydrogen) atoms. The van der Waals surface area contributed by atoms with E-state index in [0.717, 1.165) is 22.3 Å². The van der Waals surface area contributed by atoms with Gasteiger partial charge >= 0.3 is 6.18 Å². The van der Waals surface area contributed by atoms with Gasteiger partial charge in [0, 0.05) is 0 Å². The summed E-state index contributed by atoms with van der Waals surface area (Å²) in [5.74, 6) is 0. The predicted octanol–water partition coefficient (Wildman–Crippen LogP) is 6.72. The summed E-state index contributed by atoms with van der Waals surface area (Å²) in [6, 6.07) is 9.93. The Balaban J connectivity index is 2.38. The summed E-state index contributed by atoms with van der Waals surface area (Å²) in [6.07, 6.45) is -4.21. The van der Waals surface area contributed by atoms with Gasteiger partial charge in [0.25, 0.3) is 0 Å². The Kier molecular flexibility index (Phi) is 4.85. The lowest BCUT2D eigenvalue weighted by Crippen LogP contribution is -2.34. The van der Waals surface area contributed by atoms with E-state index in [2.05, 4.69) is 32.9 Å². The molecule has 0 heterocycles. The van der Waals surface area contributed by atoms with Gasteiger partial charge in [0.05, 0.1) is 5.41 Å². The van der Waals surface area contributed by atoms with E-state index in [0.29, 0.717) is 0 Å². The monoisotopic (exact) mass is 334 g/mol. The summed E-state index contributed by atoms with van der Waals surface area (Å²) in [5.41, 5.74) is 5.94. The first-order valence-electron chi connectivity index (χ1n) is 8.17. The van der Waals surface area contributed by atoms with Crippen LogP contribution in [0.25, 0.3) is 11.1 Å². The first kappa shape index (κ1) is 18.6. The van der Waals surface area contributed by atoms with Crippen molar-refractivity contribution in [2.24, 2.45) is 5.41 Å². The van der Waals surface area contributed by atoms with Crippen LogP contribution in [0.4, 0.5) is 13.2 Å². The number of hydrogen-bond donors (Lipinski definition) is 0. The van der Waals surface area contributed by atoms with Crippen molar-refractivity contribution in [1.82, 2.24) is 0 Å². The smallest absolute Gasteiger partial charge is 0.171 e. The van der Waals surface area contributed by atoms with Crippen LogP contribution in [0, 0.1) is 33.1 Å². The first-order valence-corrected chi connectivity index (χ1v) is 8.17. The molecule has 0 aliphatic carbocycles. The van der Waals surface area contributed by atoms with Crippen LogP contribution in [0.3, 0.4) is 0 Å². The lowest BCUT2D eigenvalue weighted by atomic mass is 9.84. The second kappa shape index (κ2) is 6.27.